The standard InChI is InChI=1S/C25H38N2O5/c1-16(2)10-11-26-24(28)20-15-27(25(29)17-8-6-7-9-17)14-19(20)18-12-21(30-3)23(32-5)22(13-18)31-4/h12-13,16-17,19-20H,6-11,14-15H2,1-5H3,(H,26,28)/t19-,20-/m1/s1. The predicted octanol–water partition coefficient (Wildman–Crippen LogP) is 3.61. The Labute approximate surface area is 191 Å². The largest absolute Gasteiger partial charge is 0.493 e. The number of carbonyl (C=O) groups is 2. The predicted molar refractivity (Wildman–Crippen MR) is 123 cm³/mol. The van der Waals surface area contributed by atoms with Crippen molar-refractivity contribution in [2.75, 3.05) is 41.0 Å². The Morgan fingerprint density at radius 3 is 2.19 bits per heavy atom. The number of methoxy groups -OCH3 is 3. The van der Waals surface area contributed by atoms with Gasteiger partial charge >= 0.3 is 0 Å². The number of hydrogen-bond donors (Lipinski definition) is 1. The lowest BCUT2D eigenvalue weighted by molar-refractivity contribution is -0.134. The Hall–Kier alpha value is -2.44. The highest BCUT2D eigenvalue weighted by Crippen LogP contribution is 2.43. The fourth-order valence-electron chi connectivity index (χ4n) is 4.95. The second-order valence-electron chi connectivity index (χ2n) is 9.37. The van der Waals surface area contributed by atoms with E-state index in [1.807, 2.05) is 17.0 Å². The van der Waals surface area contributed by atoms with Crippen LogP contribution < -0.4 is 19.5 Å². The van der Waals surface area contributed by atoms with Gasteiger partial charge in [0.25, 0.3) is 0 Å². The summed E-state index contributed by atoms with van der Waals surface area (Å²) in [5, 5.41) is 3.10. The van der Waals surface area contributed by atoms with Gasteiger partial charge in [-0.1, -0.05) is 26.7 Å². The maximum absolute atomic E-state index is 13.2. The third kappa shape index (κ3) is 5.30. The molecule has 1 N–H and O–H groups in total. The van der Waals surface area contributed by atoms with E-state index in [9.17, 15) is 9.59 Å². The summed E-state index contributed by atoms with van der Waals surface area (Å²) in [6, 6.07) is 3.81. The monoisotopic (exact) mass is 446 g/mol. The van der Waals surface area contributed by atoms with Crippen molar-refractivity contribution in [3.8, 4) is 17.2 Å². The third-order valence-corrected chi connectivity index (χ3v) is 6.81. The average molecular weight is 447 g/mol. The molecule has 32 heavy (non-hydrogen) atoms. The fraction of sp³-hybridized carbons (Fsp3) is 0.680. The molecule has 1 aliphatic carbocycles. The van der Waals surface area contributed by atoms with Crippen molar-refractivity contribution >= 4 is 11.8 Å². The molecule has 1 heterocycles. The third-order valence-electron chi connectivity index (χ3n) is 6.81. The van der Waals surface area contributed by atoms with Crippen molar-refractivity contribution in [3.63, 3.8) is 0 Å². The number of amides is 2. The van der Waals surface area contributed by atoms with Crippen molar-refractivity contribution in [1.82, 2.24) is 10.2 Å². The number of likely N-dealkylation sites (tertiary alicyclic amines) is 1. The smallest absolute Gasteiger partial charge is 0.225 e. The number of benzene rings is 1. The number of ether oxygens (including phenoxy) is 3. The van der Waals surface area contributed by atoms with E-state index in [4.69, 9.17) is 14.2 Å². The number of hydrogen-bond acceptors (Lipinski definition) is 5. The van der Waals surface area contributed by atoms with Gasteiger partial charge in [-0.05, 0) is 42.9 Å². The fourth-order valence-corrected chi connectivity index (χ4v) is 4.95. The zero-order valence-corrected chi connectivity index (χ0v) is 20.1. The van der Waals surface area contributed by atoms with Gasteiger partial charge in [0.15, 0.2) is 11.5 Å². The number of nitrogens with one attached hydrogen (secondary N) is 1. The molecule has 3 rings (SSSR count). The molecule has 0 bridgehead atoms. The van der Waals surface area contributed by atoms with Crippen LogP contribution in [0.15, 0.2) is 12.1 Å². The topological polar surface area (TPSA) is 77.1 Å². The summed E-state index contributed by atoms with van der Waals surface area (Å²) >= 11 is 0. The molecule has 0 spiro atoms. The number of rotatable bonds is 9. The Kier molecular flexibility index (Phi) is 8.26. The summed E-state index contributed by atoms with van der Waals surface area (Å²) in [6.07, 6.45) is 5.06. The van der Waals surface area contributed by atoms with Crippen LogP contribution in [0.4, 0.5) is 0 Å². The first-order valence-corrected chi connectivity index (χ1v) is 11.8. The Morgan fingerprint density at radius 1 is 1.03 bits per heavy atom. The van der Waals surface area contributed by atoms with Crippen molar-refractivity contribution in [2.24, 2.45) is 17.8 Å². The van der Waals surface area contributed by atoms with Crippen molar-refractivity contribution in [1.29, 1.82) is 0 Å². The highest BCUT2D eigenvalue weighted by Gasteiger charge is 2.42. The van der Waals surface area contributed by atoms with Crippen LogP contribution in [0.25, 0.3) is 0 Å². The van der Waals surface area contributed by atoms with Gasteiger partial charge < -0.3 is 24.4 Å². The molecule has 178 valence electrons. The van der Waals surface area contributed by atoms with E-state index in [1.54, 1.807) is 21.3 Å². The highest BCUT2D eigenvalue weighted by molar-refractivity contribution is 5.84. The lowest BCUT2D eigenvalue weighted by Gasteiger charge is -2.21. The van der Waals surface area contributed by atoms with Crippen LogP contribution in [0.5, 0.6) is 17.2 Å². The van der Waals surface area contributed by atoms with Crippen molar-refractivity contribution in [2.45, 2.75) is 51.9 Å². The SMILES string of the molecule is COc1cc([C@H]2CN(C(=O)C3CCCC3)C[C@H]2C(=O)NCCC(C)C)cc(OC)c1OC. The van der Waals surface area contributed by atoms with Crippen LogP contribution in [0.1, 0.15) is 57.4 Å². The molecule has 7 heteroatoms. The van der Waals surface area contributed by atoms with Crippen LogP contribution in [-0.2, 0) is 9.59 Å². The van der Waals surface area contributed by atoms with E-state index in [2.05, 4.69) is 19.2 Å². The average Bonchev–Trinajstić information content (AvgIpc) is 3.47. The zero-order valence-electron chi connectivity index (χ0n) is 20.1. The number of nitrogens with zero attached hydrogens (tertiary/aromatic N) is 1. The minimum absolute atomic E-state index is 0.00567. The summed E-state index contributed by atoms with van der Waals surface area (Å²) in [5.41, 5.74) is 0.922. The number of carbonyl (C=O) groups excluding carboxylic acids is 2. The molecule has 2 atom stereocenters. The Bertz CT molecular complexity index is 779. The molecule has 2 amide bonds. The van der Waals surface area contributed by atoms with E-state index < -0.39 is 0 Å². The maximum atomic E-state index is 13.2. The molecule has 1 aromatic rings. The molecule has 7 nitrogen and oxygen atoms in total. The lowest BCUT2D eigenvalue weighted by atomic mass is 9.87. The first-order valence-electron chi connectivity index (χ1n) is 11.8. The van der Waals surface area contributed by atoms with E-state index in [0.717, 1.165) is 37.7 Å². The van der Waals surface area contributed by atoms with Gasteiger partial charge in [0.1, 0.15) is 0 Å². The molecule has 1 saturated carbocycles. The summed E-state index contributed by atoms with van der Waals surface area (Å²) in [5.74, 6) is 2.01. The molecule has 1 aliphatic heterocycles. The molecule has 2 fully saturated rings. The highest BCUT2D eigenvalue weighted by atomic mass is 16.5. The summed E-state index contributed by atoms with van der Waals surface area (Å²) in [4.78, 5) is 28.3. The van der Waals surface area contributed by atoms with Crippen molar-refractivity contribution in [3.05, 3.63) is 17.7 Å². The van der Waals surface area contributed by atoms with Gasteiger partial charge in [0.05, 0.1) is 27.2 Å². The molecule has 1 saturated heterocycles. The Balaban J connectivity index is 1.88. The molecule has 0 unspecified atom stereocenters. The minimum atomic E-state index is -0.310. The minimum Gasteiger partial charge on any atom is -0.493 e. The van der Waals surface area contributed by atoms with Gasteiger partial charge in [-0.2, -0.15) is 0 Å². The van der Waals surface area contributed by atoms with Gasteiger partial charge in [0.2, 0.25) is 17.6 Å². The second kappa shape index (κ2) is 10.9. The van der Waals surface area contributed by atoms with Crippen molar-refractivity contribution < 1.29 is 23.8 Å². The maximum Gasteiger partial charge on any atom is 0.225 e. The zero-order chi connectivity index (χ0) is 23.3. The first-order chi connectivity index (χ1) is 15.4. The first kappa shape index (κ1) is 24.2. The van der Waals surface area contributed by atoms with E-state index in [-0.39, 0.29) is 29.6 Å². The van der Waals surface area contributed by atoms with Crippen LogP contribution >= 0.6 is 0 Å². The van der Waals surface area contributed by atoms with Crippen LogP contribution in [0.2, 0.25) is 0 Å². The lowest BCUT2D eigenvalue weighted by Crippen LogP contribution is -2.37. The van der Waals surface area contributed by atoms with Crippen LogP contribution in [-0.4, -0.2) is 57.7 Å². The summed E-state index contributed by atoms with van der Waals surface area (Å²) < 4.78 is 16.5. The molecule has 1 aromatic carbocycles. The summed E-state index contributed by atoms with van der Waals surface area (Å²) in [6.45, 7) is 5.90. The van der Waals surface area contributed by atoms with Gasteiger partial charge in [-0.15, -0.1) is 0 Å². The molecular formula is C25H38N2O5. The molecular weight excluding hydrogens is 408 g/mol. The van der Waals surface area contributed by atoms with Crippen LogP contribution in [0.3, 0.4) is 0 Å². The molecule has 0 aromatic heterocycles. The normalized spacial score (nSPS) is 21.1. The van der Waals surface area contributed by atoms with Crippen LogP contribution in [0, 0.1) is 17.8 Å². The van der Waals surface area contributed by atoms with E-state index >= 15 is 0 Å². The Morgan fingerprint density at radius 2 is 1.66 bits per heavy atom. The van der Waals surface area contributed by atoms with Gasteiger partial charge in [-0.25, -0.2) is 0 Å². The van der Waals surface area contributed by atoms with Gasteiger partial charge in [-0.3, -0.25) is 9.59 Å². The van der Waals surface area contributed by atoms with E-state index in [1.165, 1.54) is 0 Å². The van der Waals surface area contributed by atoms with E-state index in [0.29, 0.717) is 42.8 Å². The van der Waals surface area contributed by atoms with Gasteiger partial charge in [0, 0.05) is 31.5 Å². The second-order valence-corrected chi connectivity index (χ2v) is 9.37. The molecule has 0 radical (unpaired) electrons. The quantitative estimate of drug-likeness (QED) is 0.627. The summed E-state index contributed by atoms with van der Waals surface area (Å²) in [7, 11) is 4.74. The molecule has 2 aliphatic rings.